The maximum absolute atomic E-state index is 12.7. The molecule has 2 N–H and O–H groups in total. The summed E-state index contributed by atoms with van der Waals surface area (Å²) in [5, 5.41) is 10.9. The zero-order valence-corrected chi connectivity index (χ0v) is 11.2. The third-order valence-corrected chi connectivity index (χ3v) is 4.00. The molecule has 2 aliphatic rings. The van der Waals surface area contributed by atoms with E-state index in [1.165, 1.54) is 0 Å². The van der Waals surface area contributed by atoms with E-state index in [1.807, 2.05) is 10.2 Å². The molecule has 0 aromatic carbocycles. The van der Waals surface area contributed by atoms with Gasteiger partial charge in [0.05, 0.1) is 6.61 Å². The number of halogens is 3. The Morgan fingerprint density at radius 2 is 1.90 bits per heavy atom. The fourth-order valence-corrected chi connectivity index (χ4v) is 2.87. The molecular formula is C12H20F3N3O2. The van der Waals surface area contributed by atoms with Crippen LogP contribution < -0.4 is 5.32 Å². The number of piperidine rings is 1. The van der Waals surface area contributed by atoms with E-state index in [4.69, 9.17) is 5.11 Å². The van der Waals surface area contributed by atoms with Crippen molar-refractivity contribution in [3.63, 3.8) is 0 Å². The highest BCUT2D eigenvalue weighted by Crippen LogP contribution is 2.29. The third kappa shape index (κ3) is 3.83. The Balaban J connectivity index is 1.90. The van der Waals surface area contributed by atoms with Crippen LogP contribution in [0, 0.1) is 0 Å². The van der Waals surface area contributed by atoms with Crippen LogP contribution in [0.4, 0.5) is 13.2 Å². The maximum atomic E-state index is 12.7. The third-order valence-electron chi connectivity index (χ3n) is 4.00. The van der Waals surface area contributed by atoms with Crippen LogP contribution in [0.3, 0.4) is 0 Å². The van der Waals surface area contributed by atoms with E-state index in [-0.39, 0.29) is 25.5 Å². The predicted octanol–water partition coefficient (Wildman–Crippen LogP) is -0.194. The summed E-state index contributed by atoms with van der Waals surface area (Å²) in [6.45, 7) is 3.39. The van der Waals surface area contributed by atoms with Crippen LogP contribution in [-0.4, -0.2) is 78.4 Å². The molecule has 2 rings (SSSR count). The number of aliphatic hydroxyl groups is 1. The van der Waals surface area contributed by atoms with Crippen molar-refractivity contribution < 1.29 is 23.1 Å². The van der Waals surface area contributed by atoms with Crippen molar-refractivity contribution in [2.45, 2.75) is 31.1 Å². The number of nitrogens with zero attached hydrogens (tertiary/aromatic N) is 2. The lowest BCUT2D eigenvalue weighted by Crippen LogP contribution is -2.59. The van der Waals surface area contributed by atoms with Crippen molar-refractivity contribution in [2.75, 3.05) is 39.3 Å². The summed E-state index contributed by atoms with van der Waals surface area (Å²) in [6, 6.07) is -2.07. The van der Waals surface area contributed by atoms with E-state index >= 15 is 0 Å². The molecule has 0 bridgehead atoms. The zero-order valence-electron chi connectivity index (χ0n) is 11.2. The first kappa shape index (κ1) is 15.5. The quantitative estimate of drug-likeness (QED) is 0.757. The molecule has 2 saturated heterocycles. The van der Waals surface area contributed by atoms with Crippen LogP contribution in [0.2, 0.25) is 0 Å². The number of aliphatic hydroxyl groups excluding tert-OH is 1. The van der Waals surface area contributed by atoms with Crippen LogP contribution in [0.5, 0.6) is 0 Å². The van der Waals surface area contributed by atoms with Crippen LogP contribution in [0.25, 0.3) is 0 Å². The molecule has 2 aliphatic heterocycles. The van der Waals surface area contributed by atoms with Gasteiger partial charge < -0.3 is 10.4 Å². The van der Waals surface area contributed by atoms with Crippen molar-refractivity contribution in [1.29, 1.82) is 0 Å². The van der Waals surface area contributed by atoms with E-state index in [9.17, 15) is 18.0 Å². The lowest BCUT2D eigenvalue weighted by atomic mass is 9.96. The van der Waals surface area contributed by atoms with Crippen LogP contribution in [0.15, 0.2) is 0 Å². The van der Waals surface area contributed by atoms with Gasteiger partial charge in [-0.3, -0.25) is 14.6 Å². The Morgan fingerprint density at radius 3 is 2.45 bits per heavy atom. The second kappa shape index (κ2) is 6.28. The fourth-order valence-electron chi connectivity index (χ4n) is 2.87. The van der Waals surface area contributed by atoms with Gasteiger partial charge in [-0.1, -0.05) is 0 Å². The van der Waals surface area contributed by atoms with E-state index in [1.54, 1.807) is 0 Å². The molecule has 1 amide bonds. The van der Waals surface area contributed by atoms with Gasteiger partial charge in [-0.05, 0) is 6.42 Å². The SMILES string of the molecule is O=C1CC(N2CCN(CCO)CC2)CC(C(F)(F)F)N1. The number of β-amino-alcohol motifs (C(OH)–C–C–N with tert-alkyl or cyclic N) is 1. The van der Waals surface area contributed by atoms with Crippen molar-refractivity contribution in [3.8, 4) is 0 Å². The standard InChI is InChI=1S/C12H20F3N3O2/c13-12(14,15)10-7-9(8-11(20)16-10)18-3-1-17(2-4-18)5-6-19/h9-10,19H,1-8H2,(H,16,20). The number of rotatable bonds is 3. The summed E-state index contributed by atoms with van der Waals surface area (Å²) in [4.78, 5) is 15.5. The zero-order chi connectivity index (χ0) is 14.8. The number of carbonyl (C=O) groups excluding carboxylic acids is 1. The van der Waals surface area contributed by atoms with Gasteiger partial charge in [0.25, 0.3) is 0 Å². The Kier molecular flexibility index (Phi) is 4.87. The minimum atomic E-state index is -4.38. The smallest absolute Gasteiger partial charge is 0.395 e. The minimum absolute atomic E-state index is 0.0742. The van der Waals surface area contributed by atoms with Crippen molar-refractivity contribution in [3.05, 3.63) is 0 Å². The molecule has 0 saturated carbocycles. The summed E-state index contributed by atoms with van der Waals surface area (Å²) >= 11 is 0. The van der Waals surface area contributed by atoms with E-state index in [0.717, 1.165) is 13.1 Å². The molecule has 20 heavy (non-hydrogen) atoms. The molecule has 116 valence electrons. The number of carbonyl (C=O) groups is 1. The highest BCUT2D eigenvalue weighted by atomic mass is 19.4. The Hall–Kier alpha value is -0.860. The van der Waals surface area contributed by atoms with Crippen molar-refractivity contribution in [1.82, 2.24) is 15.1 Å². The first-order valence-corrected chi connectivity index (χ1v) is 6.83. The summed E-state index contributed by atoms with van der Waals surface area (Å²) < 4.78 is 38.2. The van der Waals surface area contributed by atoms with Gasteiger partial charge >= 0.3 is 6.18 Å². The van der Waals surface area contributed by atoms with Gasteiger partial charge in [0.15, 0.2) is 0 Å². The van der Waals surface area contributed by atoms with E-state index in [0.29, 0.717) is 19.6 Å². The summed E-state index contributed by atoms with van der Waals surface area (Å²) in [7, 11) is 0. The molecule has 0 radical (unpaired) electrons. The second-order valence-electron chi connectivity index (χ2n) is 5.36. The summed E-state index contributed by atoms with van der Waals surface area (Å²) in [5.41, 5.74) is 0. The van der Waals surface area contributed by atoms with Crippen LogP contribution in [0.1, 0.15) is 12.8 Å². The second-order valence-corrected chi connectivity index (χ2v) is 5.36. The van der Waals surface area contributed by atoms with Crippen LogP contribution >= 0.6 is 0 Å². The molecule has 8 heteroatoms. The highest BCUT2D eigenvalue weighted by Gasteiger charge is 2.45. The molecule has 2 heterocycles. The monoisotopic (exact) mass is 295 g/mol. The number of alkyl halides is 3. The van der Waals surface area contributed by atoms with Crippen LogP contribution in [-0.2, 0) is 4.79 Å². The number of hydrogen-bond acceptors (Lipinski definition) is 4. The van der Waals surface area contributed by atoms with E-state index in [2.05, 4.69) is 4.90 Å². The Labute approximate surface area is 115 Å². The first-order valence-electron chi connectivity index (χ1n) is 6.83. The lowest BCUT2D eigenvalue weighted by molar-refractivity contribution is -0.171. The highest BCUT2D eigenvalue weighted by molar-refractivity contribution is 5.78. The van der Waals surface area contributed by atoms with Gasteiger partial charge in [0.1, 0.15) is 6.04 Å². The predicted molar refractivity (Wildman–Crippen MR) is 66.1 cm³/mol. The fraction of sp³-hybridized carbons (Fsp3) is 0.917. The van der Waals surface area contributed by atoms with Gasteiger partial charge in [0, 0.05) is 45.2 Å². The average Bonchev–Trinajstić information content (AvgIpc) is 2.38. The Bertz CT molecular complexity index is 343. The average molecular weight is 295 g/mol. The van der Waals surface area contributed by atoms with Gasteiger partial charge in [0.2, 0.25) is 5.91 Å². The summed E-state index contributed by atoms with van der Waals surface area (Å²) in [6.07, 6.45) is -4.32. The molecule has 5 nitrogen and oxygen atoms in total. The molecule has 0 spiro atoms. The molecular weight excluding hydrogens is 275 g/mol. The molecule has 0 aromatic heterocycles. The number of amides is 1. The molecule has 0 aliphatic carbocycles. The Morgan fingerprint density at radius 1 is 1.25 bits per heavy atom. The van der Waals surface area contributed by atoms with Gasteiger partial charge in [-0.15, -0.1) is 0 Å². The number of nitrogens with one attached hydrogen (secondary N) is 1. The maximum Gasteiger partial charge on any atom is 0.408 e. The molecule has 2 atom stereocenters. The topological polar surface area (TPSA) is 55.8 Å². The normalized spacial score (nSPS) is 30.3. The largest absolute Gasteiger partial charge is 0.408 e. The number of piperazine rings is 1. The number of hydrogen-bond donors (Lipinski definition) is 2. The van der Waals surface area contributed by atoms with E-state index < -0.39 is 18.1 Å². The van der Waals surface area contributed by atoms with Gasteiger partial charge in [-0.2, -0.15) is 13.2 Å². The van der Waals surface area contributed by atoms with Gasteiger partial charge in [-0.25, -0.2) is 0 Å². The van der Waals surface area contributed by atoms with Crippen molar-refractivity contribution in [2.24, 2.45) is 0 Å². The molecule has 2 unspecified atom stereocenters. The summed E-state index contributed by atoms with van der Waals surface area (Å²) in [5.74, 6) is -0.527. The first-order chi connectivity index (χ1) is 9.40. The molecule has 0 aromatic rings. The molecule has 2 fully saturated rings. The minimum Gasteiger partial charge on any atom is -0.395 e. The van der Waals surface area contributed by atoms with Crippen molar-refractivity contribution >= 4 is 5.91 Å². The lowest BCUT2D eigenvalue weighted by Gasteiger charge is -2.42.